The first-order chi connectivity index (χ1) is 9.04. The first-order valence-electron chi connectivity index (χ1n) is 7.15. The van der Waals surface area contributed by atoms with Crippen LogP contribution in [0, 0.1) is 13.8 Å². The molecule has 0 saturated carbocycles. The second-order valence-electron chi connectivity index (χ2n) is 5.76. The third-order valence-corrected chi connectivity index (χ3v) is 3.59. The average molecular weight is 260 g/mol. The Balaban J connectivity index is 1.89. The summed E-state index contributed by atoms with van der Waals surface area (Å²) in [5.74, 6) is 0.148. The van der Waals surface area contributed by atoms with Crippen molar-refractivity contribution in [3.8, 4) is 0 Å². The summed E-state index contributed by atoms with van der Waals surface area (Å²) in [6.45, 7) is 7.26. The molecule has 1 heterocycles. The van der Waals surface area contributed by atoms with E-state index in [1.165, 1.54) is 16.7 Å². The van der Waals surface area contributed by atoms with Crippen LogP contribution in [-0.4, -0.2) is 24.5 Å². The van der Waals surface area contributed by atoms with Crippen molar-refractivity contribution in [3.63, 3.8) is 0 Å². The van der Waals surface area contributed by atoms with Gasteiger partial charge in [-0.1, -0.05) is 29.3 Å². The molecule has 19 heavy (non-hydrogen) atoms. The number of carbonyl (C=O) groups excluding carboxylic acids is 1. The van der Waals surface area contributed by atoms with Gasteiger partial charge < -0.3 is 10.6 Å². The molecular weight excluding hydrogens is 236 g/mol. The van der Waals surface area contributed by atoms with Crippen molar-refractivity contribution >= 4 is 5.91 Å². The minimum absolute atomic E-state index is 0.0155. The largest absolute Gasteiger partial charge is 0.352 e. The molecule has 2 atom stereocenters. The number of carbonyl (C=O) groups is 1. The van der Waals surface area contributed by atoms with E-state index >= 15 is 0 Å². The molecule has 1 aliphatic rings. The highest BCUT2D eigenvalue weighted by Crippen LogP contribution is 2.11. The molecule has 0 aromatic heterocycles. The number of aryl methyl sites for hydroxylation is 2. The second-order valence-corrected chi connectivity index (χ2v) is 5.76. The average Bonchev–Trinajstić information content (AvgIpc) is 2.80. The number of benzene rings is 1. The van der Waals surface area contributed by atoms with Gasteiger partial charge in [-0.2, -0.15) is 0 Å². The van der Waals surface area contributed by atoms with Crippen LogP contribution in [-0.2, 0) is 11.2 Å². The first-order valence-corrected chi connectivity index (χ1v) is 7.15. The number of hydrogen-bond donors (Lipinski definition) is 2. The Morgan fingerprint density at radius 2 is 2.05 bits per heavy atom. The van der Waals surface area contributed by atoms with E-state index < -0.39 is 0 Å². The number of nitrogens with one attached hydrogen (secondary N) is 2. The van der Waals surface area contributed by atoms with Crippen LogP contribution in [0.25, 0.3) is 0 Å². The maximum absolute atomic E-state index is 12.0. The summed E-state index contributed by atoms with van der Waals surface area (Å²) in [4.78, 5) is 12.0. The van der Waals surface area contributed by atoms with Gasteiger partial charge in [-0.25, -0.2) is 0 Å². The lowest BCUT2D eigenvalue weighted by Gasteiger charge is -2.18. The molecule has 2 N–H and O–H groups in total. The molecule has 3 heteroatoms. The van der Waals surface area contributed by atoms with Gasteiger partial charge in [0.05, 0.1) is 6.04 Å². The van der Waals surface area contributed by atoms with Gasteiger partial charge in [-0.3, -0.25) is 4.79 Å². The highest BCUT2D eigenvalue weighted by molar-refractivity contribution is 5.82. The molecule has 1 aromatic rings. The molecule has 0 radical (unpaired) electrons. The Morgan fingerprint density at radius 1 is 1.37 bits per heavy atom. The van der Waals surface area contributed by atoms with Crippen molar-refractivity contribution in [2.75, 3.05) is 6.54 Å². The third-order valence-electron chi connectivity index (χ3n) is 3.59. The fourth-order valence-electron chi connectivity index (χ4n) is 2.84. The Morgan fingerprint density at radius 3 is 2.63 bits per heavy atom. The summed E-state index contributed by atoms with van der Waals surface area (Å²) < 4.78 is 0. The van der Waals surface area contributed by atoms with E-state index in [9.17, 15) is 4.79 Å². The maximum Gasteiger partial charge on any atom is 0.237 e. The van der Waals surface area contributed by atoms with Gasteiger partial charge in [-0.15, -0.1) is 0 Å². The minimum Gasteiger partial charge on any atom is -0.352 e. The highest BCUT2D eigenvalue weighted by Gasteiger charge is 2.22. The summed E-state index contributed by atoms with van der Waals surface area (Å²) in [7, 11) is 0. The van der Waals surface area contributed by atoms with Gasteiger partial charge in [0.25, 0.3) is 0 Å². The zero-order valence-electron chi connectivity index (χ0n) is 12.1. The molecular formula is C16H24N2O. The van der Waals surface area contributed by atoms with Crippen LogP contribution in [0.2, 0.25) is 0 Å². The van der Waals surface area contributed by atoms with Gasteiger partial charge in [0.2, 0.25) is 5.91 Å². The van der Waals surface area contributed by atoms with Crippen LogP contribution in [0.1, 0.15) is 36.5 Å². The van der Waals surface area contributed by atoms with Crippen LogP contribution >= 0.6 is 0 Å². The minimum atomic E-state index is 0.0155. The molecule has 1 aromatic carbocycles. The van der Waals surface area contributed by atoms with Crippen LogP contribution in [0.4, 0.5) is 0 Å². The van der Waals surface area contributed by atoms with Gasteiger partial charge >= 0.3 is 0 Å². The standard InChI is InChI=1S/C16H24N2O/c1-11-7-12(2)9-14(8-11)10-13(3)18-16(19)15-5-4-6-17-15/h7-9,13,15,17H,4-6,10H2,1-3H3,(H,18,19)/t13-,15+/m1/s1. The van der Waals surface area contributed by atoms with E-state index in [0.29, 0.717) is 0 Å². The van der Waals surface area contributed by atoms with Crippen LogP contribution < -0.4 is 10.6 Å². The van der Waals surface area contributed by atoms with E-state index in [2.05, 4.69) is 49.6 Å². The summed E-state index contributed by atoms with van der Waals surface area (Å²) in [5.41, 5.74) is 3.86. The monoisotopic (exact) mass is 260 g/mol. The van der Waals surface area contributed by atoms with Crippen molar-refractivity contribution in [1.29, 1.82) is 0 Å². The third kappa shape index (κ3) is 4.06. The Labute approximate surface area is 115 Å². The molecule has 1 aliphatic heterocycles. The van der Waals surface area contributed by atoms with Crippen LogP contribution in [0.5, 0.6) is 0 Å². The summed E-state index contributed by atoms with van der Waals surface area (Å²) in [6.07, 6.45) is 2.95. The Kier molecular flexibility index (Phi) is 4.59. The predicted octanol–water partition coefficient (Wildman–Crippen LogP) is 2.10. The van der Waals surface area contributed by atoms with E-state index in [4.69, 9.17) is 0 Å². The summed E-state index contributed by atoms with van der Waals surface area (Å²) in [5, 5.41) is 6.34. The van der Waals surface area contributed by atoms with Crippen molar-refractivity contribution in [2.24, 2.45) is 0 Å². The van der Waals surface area contributed by atoms with Gasteiger partial charge in [0.1, 0.15) is 0 Å². The molecule has 1 saturated heterocycles. The lowest BCUT2D eigenvalue weighted by Crippen LogP contribution is -2.44. The smallest absolute Gasteiger partial charge is 0.237 e. The zero-order chi connectivity index (χ0) is 13.8. The Bertz CT molecular complexity index is 430. The number of rotatable bonds is 4. The molecule has 0 aliphatic carbocycles. The quantitative estimate of drug-likeness (QED) is 0.870. The first kappa shape index (κ1) is 14.1. The maximum atomic E-state index is 12.0. The van der Waals surface area contributed by atoms with Gasteiger partial charge in [0.15, 0.2) is 0 Å². The lowest BCUT2D eigenvalue weighted by atomic mass is 10.0. The normalized spacial score (nSPS) is 20.3. The van der Waals surface area contributed by atoms with Crippen LogP contribution in [0.15, 0.2) is 18.2 Å². The molecule has 0 unspecified atom stereocenters. The molecule has 2 rings (SSSR count). The van der Waals surface area contributed by atoms with E-state index in [-0.39, 0.29) is 18.0 Å². The fraction of sp³-hybridized carbons (Fsp3) is 0.562. The lowest BCUT2D eigenvalue weighted by molar-refractivity contribution is -0.123. The van der Waals surface area contributed by atoms with Crippen molar-refractivity contribution in [1.82, 2.24) is 10.6 Å². The summed E-state index contributed by atoms with van der Waals surface area (Å²) in [6, 6.07) is 6.76. The molecule has 104 valence electrons. The molecule has 0 spiro atoms. The molecule has 0 bridgehead atoms. The summed E-state index contributed by atoms with van der Waals surface area (Å²) >= 11 is 0. The van der Waals surface area contributed by atoms with E-state index in [0.717, 1.165) is 25.8 Å². The molecule has 3 nitrogen and oxygen atoms in total. The SMILES string of the molecule is Cc1cc(C)cc(C[C@@H](C)NC(=O)[C@@H]2CCCN2)c1. The second kappa shape index (κ2) is 6.20. The van der Waals surface area contributed by atoms with E-state index in [1.807, 2.05) is 0 Å². The van der Waals surface area contributed by atoms with Crippen molar-refractivity contribution in [2.45, 2.75) is 52.1 Å². The fourth-order valence-corrected chi connectivity index (χ4v) is 2.84. The zero-order valence-corrected chi connectivity index (χ0v) is 12.1. The number of amides is 1. The van der Waals surface area contributed by atoms with Crippen LogP contribution in [0.3, 0.4) is 0 Å². The topological polar surface area (TPSA) is 41.1 Å². The van der Waals surface area contributed by atoms with Gasteiger partial charge in [0, 0.05) is 6.04 Å². The molecule has 1 fully saturated rings. The predicted molar refractivity (Wildman–Crippen MR) is 78.2 cm³/mol. The highest BCUT2D eigenvalue weighted by atomic mass is 16.2. The van der Waals surface area contributed by atoms with Gasteiger partial charge in [-0.05, 0) is 52.1 Å². The Hall–Kier alpha value is -1.35. The van der Waals surface area contributed by atoms with Crippen molar-refractivity contribution < 1.29 is 4.79 Å². The molecule has 1 amide bonds. The van der Waals surface area contributed by atoms with E-state index in [1.54, 1.807) is 0 Å². The van der Waals surface area contributed by atoms with Crippen molar-refractivity contribution in [3.05, 3.63) is 34.9 Å². The number of hydrogen-bond acceptors (Lipinski definition) is 2.